The standard InChI is InChI=1S/C12H27N3O/c1-12(9-13,10-16-4)15-7-5-6-11(15)8-14(2)3/h11H,5-10,13H2,1-4H3. The lowest BCUT2D eigenvalue weighted by atomic mass is 10.00. The van der Waals surface area contributed by atoms with Gasteiger partial charge in [-0.15, -0.1) is 0 Å². The molecule has 4 nitrogen and oxygen atoms in total. The van der Waals surface area contributed by atoms with Gasteiger partial charge in [0.05, 0.1) is 12.1 Å². The van der Waals surface area contributed by atoms with E-state index < -0.39 is 0 Å². The Bertz CT molecular complexity index is 210. The average Bonchev–Trinajstić information content (AvgIpc) is 2.65. The summed E-state index contributed by atoms with van der Waals surface area (Å²) in [4.78, 5) is 4.79. The van der Waals surface area contributed by atoms with Crippen molar-refractivity contribution in [2.75, 3.05) is 47.4 Å². The second-order valence-corrected chi connectivity index (χ2v) is 5.39. The van der Waals surface area contributed by atoms with Crippen LogP contribution in [0.2, 0.25) is 0 Å². The van der Waals surface area contributed by atoms with Crippen LogP contribution in [-0.4, -0.2) is 68.8 Å². The molecule has 0 aliphatic carbocycles. The number of likely N-dealkylation sites (tertiary alicyclic amines) is 1. The van der Waals surface area contributed by atoms with Crippen molar-refractivity contribution in [3.63, 3.8) is 0 Å². The van der Waals surface area contributed by atoms with Crippen LogP contribution in [0.4, 0.5) is 0 Å². The molecule has 1 aliphatic rings. The maximum atomic E-state index is 5.93. The molecule has 2 N–H and O–H groups in total. The third-order valence-electron chi connectivity index (χ3n) is 3.54. The molecule has 0 aromatic heterocycles. The summed E-state index contributed by atoms with van der Waals surface area (Å²) in [7, 11) is 6.02. The molecule has 0 radical (unpaired) electrons. The highest BCUT2D eigenvalue weighted by molar-refractivity contribution is 4.95. The number of nitrogens with zero attached hydrogens (tertiary/aromatic N) is 2. The van der Waals surface area contributed by atoms with Crippen molar-refractivity contribution < 1.29 is 4.74 Å². The third kappa shape index (κ3) is 3.17. The van der Waals surface area contributed by atoms with E-state index in [-0.39, 0.29) is 5.54 Å². The first-order valence-corrected chi connectivity index (χ1v) is 6.14. The smallest absolute Gasteiger partial charge is 0.0656 e. The minimum Gasteiger partial charge on any atom is -0.383 e. The van der Waals surface area contributed by atoms with E-state index in [0.29, 0.717) is 19.2 Å². The van der Waals surface area contributed by atoms with Crippen LogP contribution in [0.3, 0.4) is 0 Å². The van der Waals surface area contributed by atoms with E-state index in [1.807, 2.05) is 0 Å². The Labute approximate surface area is 99.7 Å². The van der Waals surface area contributed by atoms with Gasteiger partial charge in [-0.05, 0) is 40.4 Å². The highest BCUT2D eigenvalue weighted by atomic mass is 16.5. The molecular formula is C12H27N3O. The average molecular weight is 229 g/mol. The van der Waals surface area contributed by atoms with Gasteiger partial charge in [-0.3, -0.25) is 4.90 Å². The molecule has 0 bridgehead atoms. The molecule has 0 amide bonds. The van der Waals surface area contributed by atoms with Gasteiger partial charge in [0.25, 0.3) is 0 Å². The highest BCUT2D eigenvalue weighted by Gasteiger charge is 2.38. The lowest BCUT2D eigenvalue weighted by molar-refractivity contribution is 0.0133. The Morgan fingerprint density at radius 1 is 1.50 bits per heavy atom. The molecule has 2 atom stereocenters. The molecule has 1 saturated heterocycles. The maximum Gasteiger partial charge on any atom is 0.0656 e. The van der Waals surface area contributed by atoms with Gasteiger partial charge < -0.3 is 15.4 Å². The molecule has 1 rings (SSSR count). The monoisotopic (exact) mass is 229 g/mol. The molecule has 1 aliphatic heterocycles. The van der Waals surface area contributed by atoms with Crippen LogP contribution in [0.25, 0.3) is 0 Å². The topological polar surface area (TPSA) is 41.7 Å². The van der Waals surface area contributed by atoms with E-state index >= 15 is 0 Å². The summed E-state index contributed by atoms with van der Waals surface area (Å²) in [5.74, 6) is 0. The molecule has 2 unspecified atom stereocenters. The fraction of sp³-hybridized carbons (Fsp3) is 1.00. The van der Waals surface area contributed by atoms with E-state index in [1.165, 1.54) is 12.8 Å². The van der Waals surface area contributed by atoms with E-state index in [9.17, 15) is 0 Å². The summed E-state index contributed by atoms with van der Waals surface area (Å²) in [6, 6.07) is 0.624. The Morgan fingerprint density at radius 2 is 2.19 bits per heavy atom. The second kappa shape index (κ2) is 5.96. The van der Waals surface area contributed by atoms with Gasteiger partial charge in [-0.25, -0.2) is 0 Å². The predicted octanol–water partition coefficient (Wildman–Crippen LogP) is 0.376. The molecule has 1 heterocycles. The Balaban J connectivity index is 2.67. The predicted molar refractivity (Wildman–Crippen MR) is 67.6 cm³/mol. The second-order valence-electron chi connectivity index (χ2n) is 5.39. The van der Waals surface area contributed by atoms with Crippen molar-refractivity contribution >= 4 is 0 Å². The van der Waals surface area contributed by atoms with Gasteiger partial charge in [-0.2, -0.15) is 0 Å². The molecule has 1 fully saturated rings. The molecule has 0 spiro atoms. The number of nitrogens with two attached hydrogens (primary N) is 1. The van der Waals surface area contributed by atoms with E-state index in [4.69, 9.17) is 10.5 Å². The summed E-state index contributed by atoms with van der Waals surface area (Å²) < 4.78 is 5.33. The van der Waals surface area contributed by atoms with Gasteiger partial charge >= 0.3 is 0 Å². The summed E-state index contributed by atoms with van der Waals surface area (Å²) in [6.07, 6.45) is 2.55. The van der Waals surface area contributed by atoms with Crippen molar-refractivity contribution in [3.05, 3.63) is 0 Å². The van der Waals surface area contributed by atoms with Crippen LogP contribution in [0.1, 0.15) is 19.8 Å². The van der Waals surface area contributed by atoms with Crippen LogP contribution < -0.4 is 5.73 Å². The van der Waals surface area contributed by atoms with Crippen molar-refractivity contribution in [3.8, 4) is 0 Å². The number of hydrogen-bond acceptors (Lipinski definition) is 4. The van der Waals surface area contributed by atoms with Gasteiger partial charge in [0.1, 0.15) is 0 Å². The molecule has 0 aromatic rings. The number of rotatable bonds is 6. The minimum absolute atomic E-state index is 0.00801. The summed E-state index contributed by atoms with van der Waals surface area (Å²) in [6.45, 7) is 5.84. The van der Waals surface area contributed by atoms with Gasteiger partial charge in [-0.1, -0.05) is 0 Å². The lowest BCUT2D eigenvalue weighted by Gasteiger charge is -2.42. The lowest BCUT2D eigenvalue weighted by Crippen LogP contribution is -2.58. The van der Waals surface area contributed by atoms with Crippen molar-refractivity contribution in [2.24, 2.45) is 5.73 Å². The zero-order valence-corrected chi connectivity index (χ0v) is 11.2. The fourth-order valence-corrected chi connectivity index (χ4v) is 2.73. The number of methoxy groups -OCH3 is 1. The number of likely N-dealkylation sites (N-methyl/N-ethyl adjacent to an activating group) is 1. The van der Waals surface area contributed by atoms with Crippen LogP contribution in [0, 0.1) is 0 Å². The first kappa shape index (κ1) is 13.9. The summed E-state index contributed by atoms with van der Waals surface area (Å²) >= 11 is 0. The van der Waals surface area contributed by atoms with Gasteiger partial charge in [0, 0.05) is 26.2 Å². The highest BCUT2D eigenvalue weighted by Crippen LogP contribution is 2.27. The summed E-state index contributed by atoms with van der Waals surface area (Å²) in [5.41, 5.74) is 5.92. The minimum atomic E-state index is -0.00801. The van der Waals surface area contributed by atoms with Gasteiger partial charge in [0.2, 0.25) is 0 Å². The molecule has 96 valence electrons. The van der Waals surface area contributed by atoms with Crippen molar-refractivity contribution in [1.82, 2.24) is 9.80 Å². The first-order valence-electron chi connectivity index (χ1n) is 6.14. The number of ether oxygens (including phenoxy) is 1. The SMILES string of the molecule is COCC(C)(CN)N1CCCC1CN(C)C. The largest absolute Gasteiger partial charge is 0.383 e. The van der Waals surface area contributed by atoms with E-state index in [0.717, 1.165) is 13.1 Å². The van der Waals surface area contributed by atoms with Crippen LogP contribution >= 0.6 is 0 Å². The Kier molecular flexibility index (Phi) is 5.18. The zero-order chi connectivity index (χ0) is 12.2. The summed E-state index contributed by atoms with van der Waals surface area (Å²) in [5, 5.41) is 0. The first-order chi connectivity index (χ1) is 7.53. The normalized spacial score (nSPS) is 26.2. The van der Waals surface area contributed by atoms with E-state index in [2.05, 4.69) is 30.8 Å². The maximum absolute atomic E-state index is 5.93. The van der Waals surface area contributed by atoms with Crippen molar-refractivity contribution in [2.45, 2.75) is 31.3 Å². The fourth-order valence-electron chi connectivity index (χ4n) is 2.73. The van der Waals surface area contributed by atoms with Crippen LogP contribution in [0.5, 0.6) is 0 Å². The Morgan fingerprint density at radius 3 is 2.69 bits per heavy atom. The molecule has 16 heavy (non-hydrogen) atoms. The number of hydrogen-bond donors (Lipinski definition) is 1. The van der Waals surface area contributed by atoms with Crippen LogP contribution in [-0.2, 0) is 4.74 Å². The molecule has 0 saturated carbocycles. The Hall–Kier alpha value is -0.160. The quantitative estimate of drug-likeness (QED) is 0.715. The van der Waals surface area contributed by atoms with E-state index in [1.54, 1.807) is 7.11 Å². The van der Waals surface area contributed by atoms with Crippen LogP contribution in [0.15, 0.2) is 0 Å². The molecule has 0 aromatic carbocycles. The third-order valence-corrected chi connectivity index (χ3v) is 3.54. The van der Waals surface area contributed by atoms with Gasteiger partial charge in [0.15, 0.2) is 0 Å². The molecular weight excluding hydrogens is 202 g/mol. The molecule has 4 heteroatoms. The van der Waals surface area contributed by atoms with Crippen molar-refractivity contribution in [1.29, 1.82) is 0 Å². The zero-order valence-electron chi connectivity index (χ0n) is 11.2.